The topological polar surface area (TPSA) is 64.4 Å². The number of hydrogen-bond donors (Lipinski definition) is 0. The van der Waals surface area contributed by atoms with Crippen LogP contribution in [0.4, 0.5) is 0 Å². The van der Waals surface area contributed by atoms with Crippen LogP contribution < -0.4 is 0 Å². The third kappa shape index (κ3) is 2.94. The number of nitrogens with zero attached hydrogens (tertiary/aromatic N) is 3. The molecule has 0 N–H and O–H groups in total. The summed E-state index contributed by atoms with van der Waals surface area (Å²) in [5, 5.41) is 4.35. The molecule has 1 aromatic rings. The molecule has 6 nitrogen and oxygen atoms in total. The van der Waals surface area contributed by atoms with Crippen molar-refractivity contribution >= 4 is 9.84 Å². The normalized spacial score (nSPS) is 26.0. The van der Waals surface area contributed by atoms with Gasteiger partial charge in [0, 0.05) is 50.0 Å². The van der Waals surface area contributed by atoms with Crippen molar-refractivity contribution in [3.63, 3.8) is 0 Å². The van der Waals surface area contributed by atoms with E-state index in [0.717, 1.165) is 18.5 Å². The minimum Gasteiger partial charge on any atom is -0.381 e. The summed E-state index contributed by atoms with van der Waals surface area (Å²) in [6.07, 6.45) is 4.67. The molecule has 0 bridgehead atoms. The van der Waals surface area contributed by atoms with Gasteiger partial charge >= 0.3 is 0 Å². The standard InChI is InChI=1S/C16H27N3O3S/c1-4-22-10-15-5-6-23(20,21)16(15)11-18(12-16)8-14-7-17-19(9-14)13(2)3/h7,9,13,15H,4-6,8,10-12H2,1-3H3/t15-/m0/s1. The Morgan fingerprint density at radius 1 is 1.43 bits per heavy atom. The van der Waals surface area contributed by atoms with Gasteiger partial charge < -0.3 is 4.74 Å². The molecule has 2 aliphatic rings. The average Bonchev–Trinajstić information content (AvgIpc) is 3.00. The Labute approximate surface area is 138 Å². The van der Waals surface area contributed by atoms with Gasteiger partial charge in [-0.1, -0.05) is 0 Å². The van der Waals surface area contributed by atoms with E-state index in [-0.39, 0.29) is 5.92 Å². The van der Waals surface area contributed by atoms with E-state index < -0.39 is 14.6 Å². The second-order valence-electron chi connectivity index (χ2n) is 7.10. The molecule has 1 atom stereocenters. The van der Waals surface area contributed by atoms with Gasteiger partial charge in [-0.25, -0.2) is 8.42 Å². The van der Waals surface area contributed by atoms with Crippen molar-refractivity contribution in [3.8, 4) is 0 Å². The largest absolute Gasteiger partial charge is 0.381 e. The molecule has 2 saturated heterocycles. The molecule has 0 aromatic carbocycles. The first-order chi connectivity index (χ1) is 10.9. The van der Waals surface area contributed by atoms with Crippen LogP contribution in [-0.2, 0) is 21.1 Å². The smallest absolute Gasteiger partial charge is 0.158 e. The fraction of sp³-hybridized carbons (Fsp3) is 0.812. The molecule has 3 heterocycles. The average molecular weight is 341 g/mol. The number of likely N-dealkylation sites (tertiary alicyclic amines) is 1. The van der Waals surface area contributed by atoms with E-state index in [2.05, 4.69) is 30.0 Å². The van der Waals surface area contributed by atoms with Crippen LogP contribution in [0, 0.1) is 5.92 Å². The lowest BCUT2D eigenvalue weighted by molar-refractivity contribution is 0.0292. The maximum atomic E-state index is 12.5. The highest BCUT2D eigenvalue weighted by Gasteiger charge is 2.61. The Morgan fingerprint density at radius 3 is 2.78 bits per heavy atom. The van der Waals surface area contributed by atoms with Crippen LogP contribution in [0.5, 0.6) is 0 Å². The molecule has 0 unspecified atom stereocenters. The highest BCUT2D eigenvalue weighted by atomic mass is 32.2. The zero-order valence-corrected chi connectivity index (χ0v) is 15.1. The van der Waals surface area contributed by atoms with Crippen molar-refractivity contribution in [1.82, 2.24) is 14.7 Å². The minimum absolute atomic E-state index is 0.141. The fourth-order valence-corrected chi connectivity index (χ4v) is 6.24. The van der Waals surface area contributed by atoms with E-state index in [1.54, 1.807) is 0 Å². The van der Waals surface area contributed by atoms with E-state index >= 15 is 0 Å². The molecule has 1 spiro atoms. The number of rotatable bonds is 6. The van der Waals surface area contributed by atoms with E-state index in [9.17, 15) is 8.42 Å². The van der Waals surface area contributed by atoms with E-state index in [1.807, 2.05) is 17.8 Å². The molecule has 3 rings (SSSR count). The second-order valence-corrected chi connectivity index (χ2v) is 9.55. The van der Waals surface area contributed by atoms with Gasteiger partial charge in [0.05, 0.1) is 18.6 Å². The molecule has 7 heteroatoms. The fourth-order valence-electron chi connectivity index (χ4n) is 3.79. The quantitative estimate of drug-likeness (QED) is 0.784. The highest BCUT2D eigenvalue weighted by Crippen LogP contribution is 2.45. The van der Waals surface area contributed by atoms with Crippen molar-refractivity contribution in [1.29, 1.82) is 0 Å². The minimum atomic E-state index is -3.01. The Morgan fingerprint density at radius 2 is 2.17 bits per heavy atom. The second kappa shape index (κ2) is 6.18. The van der Waals surface area contributed by atoms with Crippen LogP contribution in [0.3, 0.4) is 0 Å². The lowest BCUT2D eigenvalue weighted by Crippen LogP contribution is -2.67. The van der Waals surface area contributed by atoms with Gasteiger partial charge in [0.2, 0.25) is 0 Å². The number of aromatic nitrogens is 2. The summed E-state index contributed by atoms with van der Waals surface area (Å²) in [4.78, 5) is 2.21. The van der Waals surface area contributed by atoms with E-state index in [1.165, 1.54) is 0 Å². The summed E-state index contributed by atoms with van der Waals surface area (Å²) >= 11 is 0. The zero-order chi connectivity index (χ0) is 16.7. The van der Waals surface area contributed by atoms with Crippen LogP contribution in [0.15, 0.2) is 12.4 Å². The van der Waals surface area contributed by atoms with Crippen molar-refractivity contribution in [2.45, 2.75) is 44.5 Å². The Bertz CT molecular complexity index is 647. The molecule has 2 fully saturated rings. The first kappa shape index (κ1) is 16.9. The third-order valence-corrected chi connectivity index (χ3v) is 7.80. The monoisotopic (exact) mass is 341 g/mol. The highest BCUT2D eigenvalue weighted by molar-refractivity contribution is 7.93. The van der Waals surface area contributed by atoms with Crippen molar-refractivity contribution < 1.29 is 13.2 Å². The molecule has 130 valence electrons. The van der Waals surface area contributed by atoms with Crippen LogP contribution >= 0.6 is 0 Å². The van der Waals surface area contributed by atoms with Gasteiger partial charge in [0.1, 0.15) is 4.75 Å². The summed E-state index contributed by atoms with van der Waals surface area (Å²) in [5.74, 6) is 0.450. The maximum Gasteiger partial charge on any atom is 0.158 e. The van der Waals surface area contributed by atoms with E-state index in [4.69, 9.17) is 4.74 Å². The van der Waals surface area contributed by atoms with Crippen LogP contribution in [-0.4, -0.2) is 59.9 Å². The van der Waals surface area contributed by atoms with Crippen molar-refractivity contribution in [2.75, 3.05) is 32.1 Å². The lowest BCUT2D eigenvalue weighted by atomic mass is 9.83. The summed E-state index contributed by atoms with van der Waals surface area (Å²) in [5.41, 5.74) is 1.14. The van der Waals surface area contributed by atoms with Gasteiger partial charge in [-0.3, -0.25) is 9.58 Å². The summed E-state index contributed by atoms with van der Waals surface area (Å²) < 4.78 is 32.0. The van der Waals surface area contributed by atoms with Crippen molar-refractivity contribution in [2.24, 2.45) is 5.92 Å². The number of hydrogen-bond acceptors (Lipinski definition) is 5. The van der Waals surface area contributed by atoms with Gasteiger partial charge in [0.15, 0.2) is 9.84 Å². The molecule has 0 radical (unpaired) electrons. The molecule has 0 aliphatic carbocycles. The number of ether oxygens (including phenoxy) is 1. The Hall–Kier alpha value is -0.920. The van der Waals surface area contributed by atoms with Crippen molar-refractivity contribution in [3.05, 3.63) is 18.0 Å². The SMILES string of the molecule is CCOC[C@@H]1CCS(=O)(=O)C12CN(Cc1cnn(C(C)C)c1)C2. The molecule has 0 saturated carbocycles. The summed E-state index contributed by atoms with van der Waals surface area (Å²) in [7, 11) is -3.01. The first-order valence-electron chi connectivity index (χ1n) is 8.43. The molecule has 0 amide bonds. The van der Waals surface area contributed by atoms with Crippen LogP contribution in [0.1, 0.15) is 38.8 Å². The van der Waals surface area contributed by atoms with E-state index in [0.29, 0.717) is 38.1 Å². The third-order valence-electron chi connectivity index (χ3n) is 5.19. The molecular weight excluding hydrogens is 314 g/mol. The van der Waals surface area contributed by atoms with Gasteiger partial charge in [-0.05, 0) is 27.2 Å². The molecule has 2 aliphatic heterocycles. The first-order valence-corrected chi connectivity index (χ1v) is 10.1. The predicted octanol–water partition coefficient (Wildman–Crippen LogP) is 1.49. The molecule has 1 aromatic heterocycles. The maximum absolute atomic E-state index is 12.5. The summed E-state index contributed by atoms with van der Waals surface area (Å²) in [6, 6.07) is 0.345. The number of sulfone groups is 1. The summed E-state index contributed by atoms with van der Waals surface area (Å²) in [6.45, 7) is 9.37. The Balaban J connectivity index is 1.65. The Kier molecular flexibility index (Phi) is 4.55. The van der Waals surface area contributed by atoms with Gasteiger partial charge in [0.25, 0.3) is 0 Å². The van der Waals surface area contributed by atoms with Crippen LogP contribution in [0.25, 0.3) is 0 Å². The lowest BCUT2D eigenvalue weighted by Gasteiger charge is -2.50. The van der Waals surface area contributed by atoms with Gasteiger partial charge in [-0.2, -0.15) is 5.10 Å². The molecular formula is C16H27N3O3S. The van der Waals surface area contributed by atoms with Gasteiger partial charge in [-0.15, -0.1) is 0 Å². The molecule has 23 heavy (non-hydrogen) atoms. The zero-order valence-electron chi connectivity index (χ0n) is 14.2. The predicted molar refractivity (Wildman–Crippen MR) is 89.0 cm³/mol. The van der Waals surface area contributed by atoms with Crippen LogP contribution in [0.2, 0.25) is 0 Å².